The minimum atomic E-state index is -0.831. The number of hydrogen-bond donors (Lipinski definition) is 1. The summed E-state index contributed by atoms with van der Waals surface area (Å²) in [7, 11) is 1.59. The normalized spacial score (nSPS) is 18.3. The van der Waals surface area contributed by atoms with Crippen molar-refractivity contribution in [1.82, 2.24) is 4.90 Å². The van der Waals surface area contributed by atoms with Crippen LogP contribution in [0.1, 0.15) is 11.6 Å². The number of carboxylic acid groups (broad SMARTS) is 1. The molecule has 0 aliphatic carbocycles. The van der Waals surface area contributed by atoms with E-state index < -0.39 is 12.0 Å². The van der Waals surface area contributed by atoms with Crippen LogP contribution >= 0.6 is 0 Å². The smallest absolute Gasteiger partial charge is 0.325 e. The van der Waals surface area contributed by atoms with Crippen LogP contribution < -0.4 is 4.74 Å². The molecule has 1 saturated heterocycles. The van der Waals surface area contributed by atoms with Crippen LogP contribution in [0.4, 0.5) is 0 Å². The van der Waals surface area contributed by atoms with Gasteiger partial charge in [-0.2, -0.15) is 0 Å². The molecule has 2 rings (SSSR count). The summed E-state index contributed by atoms with van der Waals surface area (Å²) in [4.78, 5) is 13.4. The molecule has 1 atom stereocenters. The van der Waals surface area contributed by atoms with E-state index >= 15 is 0 Å². The fraction of sp³-hybridized carbons (Fsp3) is 0.462. The number of carbonyl (C=O) groups is 1. The molecule has 1 aromatic rings. The van der Waals surface area contributed by atoms with Gasteiger partial charge in [-0.15, -0.1) is 0 Å². The standard InChI is InChI=1S/C13H17NO4/c1-17-11-4-2-10(3-5-11)12(13(15)16)14-6-8-18-9-7-14/h2-5,12H,6-9H2,1H3,(H,15,16)/t12-/m0/s1. The summed E-state index contributed by atoms with van der Waals surface area (Å²) in [6.07, 6.45) is 0. The highest BCUT2D eigenvalue weighted by Gasteiger charge is 2.28. The van der Waals surface area contributed by atoms with Gasteiger partial charge in [0.1, 0.15) is 11.8 Å². The van der Waals surface area contributed by atoms with E-state index in [0.717, 1.165) is 11.3 Å². The van der Waals surface area contributed by atoms with Crippen molar-refractivity contribution in [2.24, 2.45) is 0 Å². The van der Waals surface area contributed by atoms with Gasteiger partial charge < -0.3 is 14.6 Å². The average molecular weight is 251 g/mol. The molecule has 5 heteroatoms. The number of aliphatic carboxylic acids is 1. The zero-order chi connectivity index (χ0) is 13.0. The van der Waals surface area contributed by atoms with E-state index in [9.17, 15) is 9.90 Å². The van der Waals surface area contributed by atoms with Crippen LogP contribution in [0.3, 0.4) is 0 Å². The second kappa shape index (κ2) is 5.84. The maximum absolute atomic E-state index is 11.4. The van der Waals surface area contributed by atoms with Crippen LogP contribution in [-0.4, -0.2) is 49.4 Å². The number of morpholine rings is 1. The Labute approximate surface area is 106 Å². The third-order valence-electron chi connectivity index (χ3n) is 3.08. The SMILES string of the molecule is COc1ccc([C@@H](C(=O)O)N2CCOCC2)cc1. The first-order valence-electron chi connectivity index (χ1n) is 5.91. The number of carboxylic acids is 1. The zero-order valence-corrected chi connectivity index (χ0v) is 10.3. The fourth-order valence-corrected chi connectivity index (χ4v) is 2.13. The summed E-state index contributed by atoms with van der Waals surface area (Å²) in [6, 6.07) is 6.55. The maximum atomic E-state index is 11.4. The predicted octanol–water partition coefficient (Wildman–Crippen LogP) is 1.15. The summed E-state index contributed by atoms with van der Waals surface area (Å²) >= 11 is 0. The Hall–Kier alpha value is -1.59. The summed E-state index contributed by atoms with van der Waals surface area (Å²) in [5, 5.41) is 9.39. The van der Waals surface area contributed by atoms with E-state index in [1.165, 1.54) is 0 Å². The van der Waals surface area contributed by atoms with Gasteiger partial charge in [0.05, 0.1) is 20.3 Å². The van der Waals surface area contributed by atoms with Crippen molar-refractivity contribution >= 4 is 5.97 Å². The Morgan fingerprint density at radius 3 is 2.44 bits per heavy atom. The van der Waals surface area contributed by atoms with Gasteiger partial charge in [-0.05, 0) is 17.7 Å². The number of hydrogen-bond acceptors (Lipinski definition) is 4. The summed E-state index contributed by atoms with van der Waals surface area (Å²) in [5.74, 6) is -0.105. The highest BCUT2D eigenvalue weighted by atomic mass is 16.5. The fourth-order valence-electron chi connectivity index (χ4n) is 2.13. The van der Waals surface area contributed by atoms with E-state index in [1.807, 2.05) is 4.90 Å². The summed E-state index contributed by atoms with van der Waals surface area (Å²) in [5.41, 5.74) is 0.769. The van der Waals surface area contributed by atoms with Gasteiger partial charge >= 0.3 is 5.97 Å². The van der Waals surface area contributed by atoms with Gasteiger partial charge in [-0.1, -0.05) is 12.1 Å². The van der Waals surface area contributed by atoms with Gasteiger partial charge in [0.25, 0.3) is 0 Å². The lowest BCUT2D eigenvalue weighted by molar-refractivity contribution is -0.145. The molecular weight excluding hydrogens is 234 g/mol. The van der Waals surface area contributed by atoms with Crippen molar-refractivity contribution < 1.29 is 19.4 Å². The molecule has 0 spiro atoms. The van der Waals surface area contributed by atoms with Crippen LogP contribution in [0, 0.1) is 0 Å². The summed E-state index contributed by atoms with van der Waals surface area (Å²) < 4.78 is 10.3. The molecule has 0 saturated carbocycles. The molecule has 1 aromatic carbocycles. The molecule has 1 heterocycles. The second-order valence-electron chi connectivity index (χ2n) is 4.16. The Kier molecular flexibility index (Phi) is 4.17. The highest BCUT2D eigenvalue weighted by Crippen LogP contribution is 2.24. The second-order valence-corrected chi connectivity index (χ2v) is 4.16. The van der Waals surface area contributed by atoms with Gasteiger partial charge in [0.2, 0.25) is 0 Å². The number of ether oxygens (including phenoxy) is 2. The van der Waals surface area contributed by atoms with Crippen molar-refractivity contribution in [3.63, 3.8) is 0 Å². The van der Waals surface area contributed by atoms with E-state index in [-0.39, 0.29) is 0 Å². The van der Waals surface area contributed by atoms with Crippen LogP contribution in [0.15, 0.2) is 24.3 Å². The molecule has 1 N–H and O–H groups in total. The van der Waals surface area contributed by atoms with E-state index in [4.69, 9.17) is 9.47 Å². The molecule has 1 aliphatic rings. The minimum absolute atomic E-state index is 0.583. The van der Waals surface area contributed by atoms with Crippen LogP contribution in [0.5, 0.6) is 5.75 Å². The molecule has 98 valence electrons. The van der Waals surface area contributed by atoms with Crippen molar-refractivity contribution in [3.8, 4) is 5.75 Å². The number of nitrogens with zero attached hydrogens (tertiary/aromatic N) is 1. The Morgan fingerprint density at radius 2 is 1.94 bits per heavy atom. The monoisotopic (exact) mass is 251 g/mol. The lowest BCUT2D eigenvalue weighted by atomic mass is 10.0. The molecule has 0 radical (unpaired) electrons. The predicted molar refractivity (Wildman–Crippen MR) is 65.8 cm³/mol. The van der Waals surface area contributed by atoms with Crippen molar-refractivity contribution in [2.45, 2.75) is 6.04 Å². The average Bonchev–Trinajstić information content (AvgIpc) is 2.40. The van der Waals surface area contributed by atoms with Crippen molar-refractivity contribution in [3.05, 3.63) is 29.8 Å². The Balaban J connectivity index is 2.20. The lowest BCUT2D eigenvalue weighted by Gasteiger charge is -2.32. The molecule has 1 fully saturated rings. The van der Waals surface area contributed by atoms with Gasteiger partial charge in [-0.3, -0.25) is 9.69 Å². The zero-order valence-electron chi connectivity index (χ0n) is 10.3. The molecule has 5 nitrogen and oxygen atoms in total. The van der Waals surface area contributed by atoms with E-state index in [1.54, 1.807) is 31.4 Å². The summed E-state index contributed by atoms with van der Waals surface area (Å²) in [6.45, 7) is 2.45. The van der Waals surface area contributed by atoms with Crippen molar-refractivity contribution in [2.75, 3.05) is 33.4 Å². The largest absolute Gasteiger partial charge is 0.497 e. The van der Waals surface area contributed by atoms with Gasteiger partial charge in [-0.25, -0.2) is 0 Å². The van der Waals surface area contributed by atoms with Crippen LogP contribution in [0.25, 0.3) is 0 Å². The van der Waals surface area contributed by atoms with Gasteiger partial charge in [0, 0.05) is 13.1 Å². The molecule has 0 unspecified atom stereocenters. The van der Waals surface area contributed by atoms with Crippen LogP contribution in [-0.2, 0) is 9.53 Å². The first kappa shape index (κ1) is 12.9. The first-order valence-corrected chi connectivity index (χ1v) is 5.91. The van der Waals surface area contributed by atoms with E-state index in [0.29, 0.717) is 26.3 Å². The third kappa shape index (κ3) is 2.80. The number of benzene rings is 1. The van der Waals surface area contributed by atoms with Crippen LogP contribution in [0.2, 0.25) is 0 Å². The van der Waals surface area contributed by atoms with Gasteiger partial charge in [0.15, 0.2) is 0 Å². The number of rotatable bonds is 4. The molecule has 18 heavy (non-hydrogen) atoms. The molecular formula is C13H17NO4. The van der Waals surface area contributed by atoms with E-state index in [2.05, 4.69) is 0 Å². The minimum Gasteiger partial charge on any atom is -0.497 e. The Bertz CT molecular complexity index is 398. The quantitative estimate of drug-likeness (QED) is 0.870. The molecule has 0 bridgehead atoms. The molecule has 1 aliphatic heterocycles. The first-order chi connectivity index (χ1) is 8.72. The maximum Gasteiger partial charge on any atom is 0.325 e. The highest BCUT2D eigenvalue weighted by molar-refractivity contribution is 5.75. The Morgan fingerprint density at radius 1 is 1.33 bits per heavy atom. The lowest BCUT2D eigenvalue weighted by Crippen LogP contribution is -2.42. The topological polar surface area (TPSA) is 59.0 Å². The molecule has 0 amide bonds. The van der Waals surface area contributed by atoms with Crippen molar-refractivity contribution in [1.29, 1.82) is 0 Å². The number of methoxy groups -OCH3 is 1. The third-order valence-corrected chi connectivity index (χ3v) is 3.08. The molecule has 0 aromatic heterocycles.